The summed E-state index contributed by atoms with van der Waals surface area (Å²) >= 11 is 6.04. The molecule has 0 aliphatic heterocycles. The fraction of sp³-hybridized carbons (Fsp3) is 0.692. The lowest BCUT2D eigenvalue weighted by molar-refractivity contribution is 0.0681. The molecule has 1 saturated carbocycles. The summed E-state index contributed by atoms with van der Waals surface area (Å²) in [6.07, 6.45) is 5.18. The van der Waals surface area contributed by atoms with Gasteiger partial charge >= 0.3 is 0 Å². The summed E-state index contributed by atoms with van der Waals surface area (Å²) in [5.41, 5.74) is 0.233. The molecule has 6 heteroatoms. The van der Waals surface area contributed by atoms with E-state index in [0.717, 1.165) is 12.4 Å². The van der Waals surface area contributed by atoms with Crippen molar-refractivity contribution in [2.45, 2.75) is 24.8 Å². The molecule has 0 amide bonds. The minimum atomic E-state index is 0.233. The summed E-state index contributed by atoms with van der Waals surface area (Å²) < 4.78 is 5.31. The Kier molecular flexibility index (Phi) is 4.16. The molecule has 0 radical (unpaired) electrons. The molecule has 5 nitrogen and oxygen atoms in total. The van der Waals surface area contributed by atoms with Crippen molar-refractivity contribution in [1.29, 1.82) is 0 Å². The minimum absolute atomic E-state index is 0.233. The number of rotatable bonds is 5. The second-order valence-electron chi connectivity index (χ2n) is 5.35. The molecular formula is C13H21ClN4O. The molecule has 0 spiro atoms. The van der Waals surface area contributed by atoms with Crippen molar-refractivity contribution >= 4 is 17.4 Å². The van der Waals surface area contributed by atoms with Gasteiger partial charge in [-0.15, -0.1) is 0 Å². The van der Waals surface area contributed by atoms with Crippen LogP contribution < -0.4 is 9.64 Å². The Balaban J connectivity index is 2.20. The maximum atomic E-state index is 6.04. The van der Waals surface area contributed by atoms with Crippen molar-refractivity contribution in [2.24, 2.45) is 0 Å². The van der Waals surface area contributed by atoms with Crippen molar-refractivity contribution in [3.05, 3.63) is 11.5 Å². The first-order valence-corrected chi connectivity index (χ1v) is 6.81. The molecule has 2 rings (SSSR count). The molecule has 1 heterocycles. The number of likely N-dealkylation sites (N-methyl/N-ethyl adjacent to an activating group) is 2. The molecule has 1 aromatic heterocycles. The van der Waals surface area contributed by atoms with Gasteiger partial charge in [-0.3, -0.25) is 0 Å². The monoisotopic (exact) mass is 284 g/mol. The first kappa shape index (κ1) is 14.3. The second-order valence-corrected chi connectivity index (χ2v) is 5.71. The van der Waals surface area contributed by atoms with Crippen LogP contribution in [-0.4, -0.2) is 55.2 Å². The normalized spacial score (nSPS) is 17.2. The van der Waals surface area contributed by atoms with E-state index in [9.17, 15) is 0 Å². The fourth-order valence-corrected chi connectivity index (χ4v) is 2.84. The molecule has 0 unspecified atom stereocenters. The molecule has 0 N–H and O–H groups in total. The Labute approximate surface area is 119 Å². The van der Waals surface area contributed by atoms with Gasteiger partial charge in [0, 0.05) is 19.1 Å². The van der Waals surface area contributed by atoms with Crippen LogP contribution >= 0.6 is 11.6 Å². The number of halogens is 1. The Morgan fingerprint density at radius 3 is 2.47 bits per heavy atom. The topological polar surface area (TPSA) is 41.5 Å². The lowest BCUT2D eigenvalue weighted by atomic mass is 9.75. The highest BCUT2D eigenvalue weighted by atomic mass is 35.5. The van der Waals surface area contributed by atoms with Gasteiger partial charge in [0.2, 0.25) is 0 Å². The van der Waals surface area contributed by atoms with Gasteiger partial charge in [0.25, 0.3) is 0 Å². The lowest BCUT2D eigenvalue weighted by Gasteiger charge is -2.49. The molecule has 0 saturated heterocycles. The van der Waals surface area contributed by atoms with Crippen molar-refractivity contribution < 1.29 is 4.74 Å². The summed E-state index contributed by atoms with van der Waals surface area (Å²) in [5, 5.41) is 0.354. The number of nitrogens with zero attached hydrogens (tertiary/aromatic N) is 4. The van der Waals surface area contributed by atoms with Crippen LogP contribution in [0.4, 0.5) is 5.82 Å². The molecular weight excluding hydrogens is 264 g/mol. The highest BCUT2D eigenvalue weighted by Crippen LogP contribution is 2.39. The van der Waals surface area contributed by atoms with Crippen LogP contribution in [0.5, 0.6) is 5.75 Å². The van der Waals surface area contributed by atoms with Crippen LogP contribution in [0.1, 0.15) is 19.3 Å². The van der Waals surface area contributed by atoms with Gasteiger partial charge in [-0.2, -0.15) is 0 Å². The predicted molar refractivity (Wildman–Crippen MR) is 77.1 cm³/mol. The van der Waals surface area contributed by atoms with Gasteiger partial charge in [-0.05, 0) is 33.4 Å². The Bertz CT molecular complexity index is 448. The third kappa shape index (κ3) is 2.62. The Hall–Kier alpha value is -1.07. The highest BCUT2D eigenvalue weighted by molar-refractivity contribution is 6.31. The standard InChI is InChI=1S/C13H21ClN4O/c1-17(2)13(6-5-7-13)8-18(3)12-10(19-4)11(14)15-9-16-12/h9H,5-8H2,1-4H3. The SMILES string of the molecule is COc1c(Cl)ncnc1N(C)CC1(N(C)C)CCC1. The van der Waals surface area contributed by atoms with Crippen LogP contribution in [-0.2, 0) is 0 Å². The van der Waals surface area contributed by atoms with Crippen molar-refractivity contribution in [3.63, 3.8) is 0 Å². The van der Waals surface area contributed by atoms with Crippen LogP contribution in [0.2, 0.25) is 5.15 Å². The molecule has 1 aliphatic rings. The summed E-state index contributed by atoms with van der Waals surface area (Å²) in [5.74, 6) is 1.29. The van der Waals surface area contributed by atoms with E-state index in [-0.39, 0.29) is 5.54 Å². The third-order valence-corrected chi connectivity index (χ3v) is 4.34. The molecule has 0 atom stereocenters. The van der Waals surface area contributed by atoms with Crippen molar-refractivity contribution in [3.8, 4) is 5.75 Å². The van der Waals surface area contributed by atoms with Crippen LogP contribution in [0.3, 0.4) is 0 Å². The number of anilines is 1. The second kappa shape index (κ2) is 5.51. The zero-order valence-corrected chi connectivity index (χ0v) is 12.7. The molecule has 1 aliphatic carbocycles. The average molecular weight is 285 g/mol. The van der Waals surface area contributed by atoms with Crippen LogP contribution in [0, 0.1) is 0 Å². The zero-order valence-electron chi connectivity index (χ0n) is 12.0. The number of methoxy groups -OCH3 is 1. The Morgan fingerprint density at radius 1 is 1.32 bits per heavy atom. The quantitative estimate of drug-likeness (QED) is 0.774. The van der Waals surface area contributed by atoms with Gasteiger partial charge in [-0.25, -0.2) is 9.97 Å². The van der Waals surface area contributed by atoms with Crippen molar-refractivity contribution in [1.82, 2.24) is 14.9 Å². The molecule has 0 aromatic carbocycles. The van der Waals surface area contributed by atoms with Gasteiger partial charge in [-0.1, -0.05) is 11.6 Å². The molecule has 0 bridgehead atoms. The summed E-state index contributed by atoms with van der Waals surface area (Å²) in [6.45, 7) is 0.906. The van der Waals surface area contributed by atoms with E-state index in [0.29, 0.717) is 10.9 Å². The minimum Gasteiger partial charge on any atom is -0.490 e. The zero-order chi connectivity index (χ0) is 14.0. The summed E-state index contributed by atoms with van der Waals surface area (Å²) in [6, 6.07) is 0. The third-order valence-electron chi connectivity index (χ3n) is 4.07. The summed E-state index contributed by atoms with van der Waals surface area (Å²) in [7, 11) is 7.88. The van der Waals surface area contributed by atoms with E-state index in [1.807, 2.05) is 7.05 Å². The average Bonchev–Trinajstić information content (AvgIpc) is 2.32. The lowest BCUT2D eigenvalue weighted by Crippen LogP contribution is -2.56. The highest BCUT2D eigenvalue weighted by Gasteiger charge is 2.40. The van der Waals surface area contributed by atoms with Crippen molar-refractivity contribution in [2.75, 3.05) is 39.7 Å². The fourth-order valence-electron chi connectivity index (χ4n) is 2.64. The number of hydrogen-bond donors (Lipinski definition) is 0. The maximum Gasteiger partial charge on any atom is 0.199 e. The maximum absolute atomic E-state index is 6.04. The largest absolute Gasteiger partial charge is 0.490 e. The van der Waals surface area contributed by atoms with E-state index >= 15 is 0 Å². The number of ether oxygens (including phenoxy) is 1. The summed E-state index contributed by atoms with van der Waals surface area (Å²) in [4.78, 5) is 12.7. The smallest absolute Gasteiger partial charge is 0.199 e. The van der Waals surface area contributed by atoms with E-state index in [2.05, 4.69) is 33.9 Å². The van der Waals surface area contributed by atoms with Gasteiger partial charge in [0.15, 0.2) is 16.7 Å². The molecule has 106 valence electrons. The number of hydrogen-bond acceptors (Lipinski definition) is 5. The number of aromatic nitrogens is 2. The predicted octanol–water partition coefficient (Wildman–Crippen LogP) is 2.06. The first-order chi connectivity index (χ1) is 9.00. The van der Waals surface area contributed by atoms with Crippen LogP contribution in [0.25, 0.3) is 0 Å². The first-order valence-electron chi connectivity index (χ1n) is 6.43. The van der Waals surface area contributed by atoms with E-state index < -0.39 is 0 Å². The van der Waals surface area contributed by atoms with E-state index in [1.165, 1.54) is 25.6 Å². The molecule has 1 aromatic rings. The van der Waals surface area contributed by atoms with Crippen LogP contribution in [0.15, 0.2) is 6.33 Å². The van der Waals surface area contributed by atoms with E-state index in [4.69, 9.17) is 16.3 Å². The van der Waals surface area contributed by atoms with E-state index in [1.54, 1.807) is 7.11 Å². The Morgan fingerprint density at radius 2 is 2.00 bits per heavy atom. The molecule has 1 fully saturated rings. The molecule has 19 heavy (non-hydrogen) atoms. The van der Waals surface area contributed by atoms with Gasteiger partial charge < -0.3 is 14.5 Å². The van der Waals surface area contributed by atoms with Gasteiger partial charge in [0.05, 0.1) is 7.11 Å². The van der Waals surface area contributed by atoms with Gasteiger partial charge in [0.1, 0.15) is 6.33 Å².